The van der Waals surface area contributed by atoms with Gasteiger partial charge in [-0.25, -0.2) is 4.98 Å². The number of ether oxygens (including phenoxy) is 1. The molecule has 12 nitrogen and oxygen atoms in total. The molecule has 0 spiro atoms. The van der Waals surface area contributed by atoms with Crippen LogP contribution in [0.1, 0.15) is 93.7 Å². The van der Waals surface area contributed by atoms with Crippen LogP contribution in [-0.2, 0) is 25.7 Å². The number of nitrogens with one attached hydrogen (secondary N) is 2. The van der Waals surface area contributed by atoms with E-state index in [1.54, 1.807) is 11.3 Å². The summed E-state index contributed by atoms with van der Waals surface area (Å²) in [6, 6.07) is 35.3. The maximum absolute atomic E-state index is 14.1. The summed E-state index contributed by atoms with van der Waals surface area (Å²) in [7, 11) is 0. The number of halogens is 1. The Balaban J connectivity index is 0.801. The van der Waals surface area contributed by atoms with E-state index in [2.05, 4.69) is 81.2 Å². The molecule has 0 aliphatic carbocycles. The van der Waals surface area contributed by atoms with Crippen molar-refractivity contribution in [2.75, 3.05) is 51.8 Å². The first-order valence-electron chi connectivity index (χ1n) is 25.0. The van der Waals surface area contributed by atoms with Gasteiger partial charge in [0.15, 0.2) is 0 Å². The van der Waals surface area contributed by atoms with E-state index < -0.39 is 29.5 Å². The molecule has 3 heterocycles. The van der Waals surface area contributed by atoms with E-state index in [0.29, 0.717) is 51.3 Å². The Kier molecular flexibility index (Phi) is 19.0. The fourth-order valence-electron chi connectivity index (χ4n) is 9.41. The number of thiazole rings is 1. The first kappa shape index (κ1) is 53.0. The molecule has 7 rings (SSSR count). The van der Waals surface area contributed by atoms with Crippen molar-refractivity contribution >= 4 is 57.7 Å². The molecule has 0 saturated carbocycles. The summed E-state index contributed by atoms with van der Waals surface area (Å²) in [6.07, 6.45) is 2.58. The average molecular weight is 1000 g/mol. The molecule has 14 heteroatoms. The lowest BCUT2D eigenvalue weighted by atomic mass is 9.85. The molecular formula is C57H69ClN6O6S. The fraction of sp³-hybridized carbons (Fsp3) is 0.421. The van der Waals surface area contributed by atoms with Crippen LogP contribution in [0.4, 0.5) is 0 Å². The SMILES string of the molecule is Cc1ncsc1-c1ccc(CNC(=O)[C@@H]2C[C@@H](O)CN2C(=O)[C@@H](NC(=O)CCCCCC(=O)N2CCN(CCOc3ccc(/C(=C(/CCCl)c4ccccc4)c4ccccc4)cc3)CC2)C(C)(C)C)cc1. The van der Waals surface area contributed by atoms with Gasteiger partial charge in [0.05, 0.1) is 22.2 Å². The van der Waals surface area contributed by atoms with Gasteiger partial charge in [-0.1, -0.05) is 124 Å². The molecule has 0 bridgehead atoms. The van der Waals surface area contributed by atoms with Gasteiger partial charge in [-0.3, -0.25) is 24.1 Å². The second-order valence-electron chi connectivity index (χ2n) is 19.6. The van der Waals surface area contributed by atoms with Crippen molar-refractivity contribution in [3.8, 4) is 16.2 Å². The molecule has 2 aliphatic heterocycles. The third-order valence-corrected chi connectivity index (χ3v) is 14.5. The summed E-state index contributed by atoms with van der Waals surface area (Å²) in [5.41, 5.74) is 9.87. The Morgan fingerprint density at radius 2 is 1.46 bits per heavy atom. The first-order chi connectivity index (χ1) is 34.3. The van der Waals surface area contributed by atoms with E-state index in [1.807, 2.05) is 86.6 Å². The summed E-state index contributed by atoms with van der Waals surface area (Å²) in [5.74, 6) is 0.455. The second kappa shape index (κ2) is 25.5. The van der Waals surface area contributed by atoms with Crippen molar-refractivity contribution in [3.63, 3.8) is 0 Å². The van der Waals surface area contributed by atoms with Crippen LogP contribution < -0.4 is 15.4 Å². The Morgan fingerprint density at radius 3 is 2.10 bits per heavy atom. The Hall–Kier alpha value is -5.86. The van der Waals surface area contributed by atoms with E-state index in [0.717, 1.165) is 75.8 Å². The average Bonchev–Trinajstić information content (AvgIpc) is 4.00. The number of alkyl halides is 1. The highest BCUT2D eigenvalue weighted by Gasteiger charge is 2.44. The molecule has 5 aromatic rings. The van der Waals surface area contributed by atoms with Crippen LogP contribution >= 0.6 is 22.9 Å². The predicted octanol–water partition coefficient (Wildman–Crippen LogP) is 8.99. The number of aliphatic hydroxyl groups excluding tert-OH is 1. The van der Waals surface area contributed by atoms with Crippen molar-refractivity contribution in [2.24, 2.45) is 5.41 Å². The van der Waals surface area contributed by atoms with E-state index in [4.69, 9.17) is 16.3 Å². The lowest BCUT2D eigenvalue weighted by Crippen LogP contribution is -2.57. The lowest BCUT2D eigenvalue weighted by molar-refractivity contribution is -0.144. The van der Waals surface area contributed by atoms with E-state index >= 15 is 0 Å². The summed E-state index contributed by atoms with van der Waals surface area (Å²) in [6.45, 7) is 12.1. The first-order valence-corrected chi connectivity index (χ1v) is 26.4. The monoisotopic (exact) mass is 1000 g/mol. The van der Waals surface area contributed by atoms with Crippen molar-refractivity contribution in [1.29, 1.82) is 0 Å². The smallest absolute Gasteiger partial charge is 0.246 e. The molecule has 2 fully saturated rings. The quantitative estimate of drug-likeness (QED) is 0.0376. The zero-order valence-electron chi connectivity index (χ0n) is 41.6. The van der Waals surface area contributed by atoms with Gasteiger partial charge in [0, 0.05) is 71.0 Å². The number of rotatable bonds is 21. The molecule has 2 aliphatic rings. The molecule has 2 saturated heterocycles. The minimum Gasteiger partial charge on any atom is -0.492 e. The van der Waals surface area contributed by atoms with Crippen molar-refractivity contribution < 1.29 is 29.0 Å². The Bertz CT molecular complexity index is 2560. The molecule has 3 N–H and O–H groups in total. The van der Waals surface area contributed by atoms with E-state index in [9.17, 15) is 24.3 Å². The zero-order chi connectivity index (χ0) is 50.3. The number of amides is 4. The molecule has 0 radical (unpaired) electrons. The summed E-state index contributed by atoms with van der Waals surface area (Å²) >= 11 is 7.92. The number of allylic oxidation sites excluding steroid dienone is 1. The number of aryl methyl sites for hydroxylation is 1. The van der Waals surface area contributed by atoms with Crippen LogP contribution in [-0.4, -0.2) is 118 Å². The van der Waals surface area contributed by atoms with Crippen molar-refractivity contribution in [3.05, 3.63) is 143 Å². The van der Waals surface area contributed by atoms with Crippen LogP contribution in [0, 0.1) is 12.3 Å². The van der Waals surface area contributed by atoms with Gasteiger partial charge < -0.3 is 30.3 Å². The number of hydrogen-bond donors (Lipinski definition) is 3. The highest BCUT2D eigenvalue weighted by atomic mass is 35.5. The van der Waals surface area contributed by atoms with Crippen molar-refractivity contribution in [1.82, 2.24) is 30.3 Å². The van der Waals surface area contributed by atoms with Crippen LogP contribution in [0.25, 0.3) is 21.6 Å². The van der Waals surface area contributed by atoms with E-state index in [-0.39, 0.29) is 43.7 Å². The molecule has 1 aromatic heterocycles. The fourth-order valence-corrected chi connectivity index (χ4v) is 10.4. The number of likely N-dealkylation sites (tertiary alicyclic amines) is 1. The standard InChI is InChI=1S/C57H69ClN6O6S/c1-40-53(71-39-60-40)45-22-20-41(21-23-45)37-59-55(68)49-36-46(65)38-64(49)56(69)54(57(2,3)4)61-50(66)18-12-7-13-19-51(67)63-32-30-62(31-33-63)34-35-70-47-26-24-44(25-27-47)52(43-16-10-6-11-17-43)48(28-29-58)42-14-8-5-9-15-42/h5-6,8-11,14-17,20-27,39,46,49,54,65H,7,12-13,18-19,28-38H2,1-4H3,(H,59,68)(H,61,66)/b52-48-/t46-,49+,54-/m1/s1. The maximum Gasteiger partial charge on any atom is 0.246 e. The predicted molar refractivity (Wildman–Crippen MR) is 284 cm³/mol. The van der Waals surface area contributed by atoms with Gasteiger partial charge in [-0.05, 0) is 82.7 Å². The van der Waals surface area contributed by atoms with Crippen molar-refractivity contribution in [2.45, 2.75) is 97.4 Å². The minimum absolute atomic E-state index is 0.0113. The second-order valence-corrected chi connectivity index (χ2v) is 20.9. The zero-order valence-corrected chi connectivity index (χ0v) is 43.2. The van der Waals surface area contributed by atoms with Crippen LogP contribution in [0.3, 0.4) is 0 Å². The van der Waals surface area contributed by atoms with Gasteiger partial charge in [0.2, 0.25) is 23.6 Å². The summed E-state index contributed by atoms with van der Waals surface area (Å²) in [4.78, 5) is 65.1. The van der Waals surface area contributed by atoms with Gasteiger partial charge in [0.25, 0.3) is 0 Å². The van der Waals surface area contributed by atoms with Gasteiger partial charge >= 0.3 is 0 Å². The molecular weight excluding hydrogens is 932 g/mol. The topological polar surface area (TPSA) is 144 Å². The number of carbonyl (C=O) groups is 4. The Morgan fingerprint density at radius 1 is 0.817 bits per heavy atom. The summed E-state index contributed by atoms with van der Waals surface area (Å²) < 4.78 is 6.20. The van der Waals surface area contributed by atoms with Crippen LogP contribution in [0.15, 0.2) is 115 Å². The molecule has 3 atom stereocenters. The highest BCUT2D eigenvalue weighted by molar-refractivity contribution is 7.13. The maximum atomic E-state index is 14.1. The minimum atomic E-state index is -0.895. The number of benzene rings is 4. The molecule has 376 valence electrons. The normalized spacial score (nSPS) is 17.1. The highest BCUT2D eigenvalue weighted by Crippen LogP contribution is 2.36. The lowest BCUT2D eigenvalue weighted by Gasteiger charge is -2.35. The number of aliphatic hydroxyl groups is 1. The van der Waals surface area contributed by atoms with Gasteiger partial charge in [-0.2, -0.15) is 0 Å². The number of unbranched alkanes of at least 4 members (excludes halogenated alkanes) is 2. The van der Waals surface area contributed by atoms with Gasteiger partial charge in [-0.15, -0.1) is 22.9 Å². The number of carbonyl (C=O) groups excluding carboxylic acids is 4. The largest absolute Gasteiger partial charge is 0.492 e. The Labute approximate surface area is 428 Å². The van der Waals surface area contributed by atoms with Crippen LogP contribution in [0.5, 0.6) is 5.75 Å². The number of piperazine rings is 1. The van der Waals surface area contributed by atoms with Crippen LogP contribution in [0.2, 0.25) is 0 Å². The van der Waals surface area contributed by atoms with E-state index in [1.165, 1.54) is 10.5 Å². The number of hydrogen-bond acceptors (Lipinski definition) is 9. The number of aromatic nitrogens is 1. The molecule has 0 unspecified atom stereocenters. The summed E-state index contributed by atoms with van der Waals surface area (Å²) in [5, 5.41) is 16.5. The third kappa shape index (κ3) is 14.6. The molecule has 4 aromatic carbocycles. The third-order valence-electron chi connectivity index (χ3n) is 13.4. The molecule has 71 heavy (non-hydrogen) atoms. The number of nitrogens with zero attached hydrogens (tertiary/aromatic N) is 4. The molecule has 4 amide bonds. The van der Waals surface area contributed by atoms with Gasteiger partial charge in [0.1, 0.15) is 24.4 Å². The number of β-amino-alcohol motifs (C(OH)–C–C–N with tert-alkyl or cyclic N) is 1.